The fraction of sp³-hybridized carbons (Fsp3) is 0.161. The van der Waals surface area contributed by atoms with Crippen molar-refractivity contribution < 1.29 is 27.5 Å². The van der Waals surface area contributed by atoms with Crippen LogP contribution in [-0.2, 0) is 11.0 Å². The Balaban J connectivity index is 1.09. The van der Waals surface area contributed by atoms with E-state index in [-0.39, 0.29) is 29.0 Å². The summed E-state index contributed by atoms with van der Waals surface area (Å²) in [5.41, 5.74) is 1.66. The number of nitrogens with one attached hydrogen (secondary N) is 2. The molecule has 2 N–H and O–H groups in total. The summed E-state index contributed by atoms with van der Waals surface area (Å²) in [6.07, 6.45) is 1.81. The molecule has 14 heteroatoms. The first-order valence-corrected chi connectivity index (χ1v) is 14.5. The van der Waals surface area contributed by atoms with Crippen molar-refractivity contribution >= 4 is 39.8 Å². The van der Waals surface area contributed by atoms with Gasteiger partial charge in [-0.25, -0.2) is 19.7 Å². The molecule has 10 nitrogen and oxygen atoms in total. The standard InChI is InChI=1S/C31H24F3N7O3S/c1-18-4-6-20(7-5-18)27-24(13-21(14-35-27)31(32,33)34)40-28(43)39-22-15-36-29(37-16-22)44-23-10-8-19(9-11-23)25-17-38-30(45-25)41-12-2-3-26(41)42/h4-11,13-17H,2-3,12H2,1H3,(H2,39,40,43). The van der Waals surface area contributed by atoms with E-state index in [9.17, 15) is 22.8 Å². The smallest absolute Gasteiger partial charge is 0.417 e. The van der Waals surface area contributed by atoms with Gasteiger partial charge in [0.05, 0.1) is 39.9 Å². The topological polar surface area (TPSA) is 122 Å². The van der Waals surface area contributed by atoms with Gasteiger partial charge in [-0.3, -0.25) is 14.7 Å². The summed E-state index contributed by atoms with van der Waals surface area (Å²) in [6.45, 7) is 2.56. The van der Waals surface area contributed by atoms with Gasteiger partial charge in [0.25, 0.3) is 0 Å². The molecule has 0 unspecified atom stereocenters. The largest absolute Gasteiger partial charge is 0.424 e. The van der Waals surface area contributed by atoms with Crippen LogP contribution in [0.4, 0.5) is 34.5 Å². The number of hydrogen-bond acceptors (Lipinski definition) is 8. The van der Waals surface area contributed by atoms with E-state index in [0.717, 1.165) is 34.7 Å². The molecule has 1 aliphatic rings. The van der Waals surface area contributed by atoms with Gasteiger partial charge in [0.1, 0.15) is 5.75 Å². The van der Waals surface area contributed by atoms with Crippen LogP contribution in [0.5, 0.6) is 11.8 Å². The molecule has 6 rings (SSSR count). The number of ether oxygens (including phenoxy) is 1. The maximum Gasteiger partial charge on any atom is 0.417 e. The number of pyridine rings is 1. The minimum Gasteiger partial charge on any atom is -0.424 e. The molecule has 1 saturated heterocycles. The zero-order chi connectivity index (χ0) is 31.6. The normalized spacial score (nSPS) is 13.2. The Kier molecular flexibility index (Phi) is 8.13. The highest BCUT2D eigenvalue weighted by Crippen LogP contribution is 2.36. The Morgan fingerprint density at radius 1 is 0.911 bits per heavy atom. The van der Waals surface area contributed by atoms with Crippen molar-refractivity contribution in [2.24, 2.45) is 0 Å². The van der Waals surface area contributed by atoms with E-state index in [0.29, 0.717) is 29.4 Å². The lowest BCUT2D eigenvalue weighted by atomic mass is 10.1. The van der Waals surface area contributed by atoms with Gasteiger partial charge >= 0.3 is 18.2 Å². The van der Waals surface area contributed by atoms with Gasteiger partial charge in [-0.15, -0.1) is 0 Å². The molecule has 3 amide bonds. The third kappa shape index (κ3) is 6.91. The Labute approximate surface area is 259 Å². The molecule has 2 aromatic carbocycles. The van der Waals surface area contributed by atoms with Crippen LogP contribution in [-0.4, -0.2) is 38.4 Å². The van der Waals surface area contributed by atoms with Crippen molar-refractivity contribution in [3.05, 3.63) is 90.5 Å². The van der Waals surface area contributed by atoms with Crippen molar-refractivity contribution in [1.29, 1.82) is 0 Å². The highest BCUT2D eigenvalue weighted by Gasteiger charge is 2.32. The molecule has 0 bridgehead atoms. The predicted octanol–water partition coefficient (Wildman–Crippen LogP) is 7.55. The molecule has 0 atom stereocenters. The van der Waals surface area contributed by atoms with Crippen LogP contribution in [0.2, 0.25) is 0 Å². The number of alkyl halides is 3. The van der Waals surface area contributed by atoms with Gasteiger partial charge in [0.15, 0.2) is 5.13 Å². The summed E-state index contributed by atoms with van der Waals surface area (Å²) < 4.78 is 45.9. The van der Waals surface area contributed by atoms with Gasteiger partial charge in [0, 0.05) is 30.9 Å². The molecule has 0 radical (unpaired) electrons. The quantitative estimate of drug-likeness (QED) is 0.190. The van der Waals surface area contributed by atoms with Gasteiger partial charge in [-0.05, 0) is 49.2 Å². The maximum atomic E-state index is 13.4. The highest BCUT2D eigenvalue weighted by molar-refractivity contribution is 7.19. The Bertz CT molecular complexity index is 1840. The second-order valence-electron chi connectivity index (χ2n) is 10.1. The predicted molar refractivity (Wildman–Crippen MR) is 163 cm³/mol. The number of carbonyl (C=O) groups excluding carboxylic acids is 2. The summed E-state index contributed by atoms with van der Waals surface area (Å²) in [4.78, 5) is 44.0. The van der Waals surface area contributed by atoms with E-state index in [1.807, 2.05) is 19.1 Å². The zero-order valence-electron chi connectivity index (χ0n) is 23.6. The first-order valence-electron chi connectivity index (χ1n) is 13.7. The number of benzene rings is 2. The molecule has 0 spiro atoms. The minimum atomic E-state index is -4.64. The lowest BCUT2D eigenvalue weighted by molar-refractivity contribution is -0.137. The third-order valence-electron chi connectivity index (χ3n) is 6.82. The molecule has 45 heavy (non-hydrogen) atoms. The fourth-order valence-corrected chi connectivity index (χ4v) is 5.51. The molecule has 1 aliphatic heterocycles. The van der Waals surface area contributed by atoms with E-state index < -0.39 is 17.8 Å². The molecular formula is C31H24F3N7O3S. The van der Waals surface area contributed by atoms with Crippen LogP contribution < -0.4 is 20.3 Å². The second kappa shape index (κ2) is 12.3. The highest BCUT2D eigenvalue weighted by atomic mass is 32.1. The van der Waals surface area contributed by atoms with Crippen molar-refractivity contribution in [3.8, 4) is 33.5 Å². The number of carbonyl (C=O) groups is 2. The zero-order valence-corrected chi connectivity index (χ0v) is 24.4. The van der Waals surface area contributed by atoms with Gasteiger partial charge in [-0.2, -0.15) is 13.2 Å². The molecule has 0 saturated carbocycles. The van der Waals surface area contributed by atoms with E-state index in [1.165, 1.54) is 23.7 Å². The number of halogens is 3. The van der Waals surface area contributed by atoms with Crippen LogP contribution in [0.3, 0.4) is 0 Å². The minimum absolute atomic E-state index is 0.0186. The van der Waals surface area contributed by atoms with Crippen LogP contribution in [0.1, 0.15) is 24.0 Å². The van der Waals surface area contributed by atoms with Crippen molar-refractivity contribution in [3.63, 3.8) is 0 Å². The first kappa shape index (κ1) is 29.7. The first-order chi connectivity index (χ1) is 21.6. The van der Waals surface area contributed by atoms with Crippen molar-refractivity contribution in [1.82, 2.24) is 19.9 Å². The fourth-order valence-electron chi connectivity index (χ4n) is 4.54. The van der Waals surface area contributed by atoms with E-state index in [1.54, 1.807) is 47.5 Å². The molecule has 0 aliphatic carbocycles. The van der Waals surface area contributed by atoms with Crippen molar-refractivity contribution in [2.75, 3.05) is 22.1 Å². The number of aromatic nitrogens is 4. The number of urea groups is 1. The van der Waals surface area contributed by atoms with Gasteiger partial charge in [0.2, 0.25) is 5.91 Å². The van der Waals surface area contributed by atoms with Gasteiger partial charge < -0.3 is 15.4 Å². The van der Waals surface area contributed by atoms with E-state index in [2.05, 4.69) is 30.6 Å². The average Bonchev–Trinajstić information content (AvgIpc) is 3.68. The molecule has 1 fully saturated rings. The summed E-state index contributed by atoms with van der Waals surface area (Å²) in [5.74, 6) is 0.555. The van der Waals surface area contributed by atoms with E-state index in [4.69, 9.17) is 4.74 Å². The molecule has 5 aromatic rings. The monoisotopic (exact) mass is 631 g/mol. The summed E-state index contributed by atoms with van der Waals surface area (Å²) in [5, 5.41) is 5.65. The number of nitrogens with zero attached hydrogens (tertiary/aromatic N) is 5. The molecule has 3 aromatic heterocycles. The lowest BCUT2D eigenvalue weighted by Gasteiger charge is -2.14. The number of hydrogen-bond donors (Lipinski definition) is 2. The number of amides is 3. The Morgan fingerprint density at radius 2 is 1.62 bits per heavy atom. The summed E-state index contributed by atoms with van der Waals surface area (Å²) in [6, 6.07) is 14.3. The Hall–Kier alpha value is -5.37. The summed E-state index contributed by atoms with van der Waals surface area (Å²) in [7, 11) is 0. The maximum absolute atomic E-state index is 13.4. The molecule has 228 valence electrons. The third-order valence-corrected chi connectivity index (χ3v) is 7.89. The van der Waals surface area contributed by atoms with Crippen LogP contribution in [0.25, 0.3) is 21.7 Å². The SMILES string of the molecule is Cc1ccc(-c2ncc(C(F)(F)F)cc2NC(=O)Nc2cnc(Oc3ccc(-c4cnc(N5CCCC5=O)s4)cc3)nc2)cc1. The van der Waals surface area contributed by atoms with Crippen molar-refractivity contribution in [2.45, 2.75) is 25.9 Å². The summed E-state index contributed by atoms with van der Waals surface area (Å²) >= 11 is 1.44. The number of rotatable bonds is 7. The number of anilines is 3. The van der Waals surface area contributed by atoms with E-state index >= 15 is 0 Å². The van der Waals surface area contributed by atoms with Crippen LogP contribution >= 0.6 is 11.3 Å². The Morgan fingerprint density at radius 3 is 2.29 bits per heavy atom. The average molecular weight is 632 g/mol. The van der Waals surface area contributed by atoms with Crippen LogP contribution in [0, 0.1) is 6.92 Å². The van der Waals surface area contributed by atoms with Crippen LogP contribution in [0.15, 0.2) is 79.4 Å². The molecule has 4 heterocycles. The van der Waals surface area contributed by atoms with Gasteiger partial charge in [-0.1, -0.05) is 41.2 Å². The lowest BCUT2D eigenvalue weighted by Crippen LogP contribution is -2.23. The number of aryl methyl sites for hydroxylation is 1. The molecular weight excluding hydrogens is 607 g/mol. The number of thiazole rings is 1. The second-order valence-corrected chi connectivity index (χ2v) is 11.1.